The normalized spacial score (nSPS) is 22.4. The Bertz CT molecular complexity index is 349. The average molecular weight is 219 g/mol. The van der Waals surface area contributed by atoms with Gasteiger partial charge in [-0.1, -0.05) is 19.4 Å². The van der Waals surface area contributed by atoms with Gasteiger partial charge < -0.3 is 10.6 Å². The zero-order valence-electron chi connectivity index (χ0n) is 10.2. The fourth-order valence-corrected chi connectivity index (χ4v) is 2.39. The van der Waals surface area contributed by atoms with E-state index in [1.165, 1.54) is 18.4 Å². The number of hydrogen-bond acceptors (Lipinski definition) is 3. The third-order valence-corrected chi connectivity index (χ3v) is 3.47. The molecule has 16 heavy (non-hydrogen) atoms. The summed E-state index contributed by atoms with van der Waals surface area (Å²) in [5.41, 5.74) is 7.15. The van der Waals surface area contributed by atoms with E-state index < -0.39 is 0 Å². The van der Waals surface area contributed by atoms with Crippen molar-refractivity contribution in [1.29, 1.82) is 0 Å². The summed E-state index contributed by atoms with van der Waals surface area (Å²) >= 11 is 0. The minimum absolute atomic E-state index is 0.0596. The van der Waals surface area contributed by atoms with Gasteiger partial charge in [0.05, 0.1) is 0 Å². The molecule has 2 N–H and O–H groups in total. The molecule has 0 aromatic carbocycles. The van der Waals surface area contributed by atoms with Gasteiger partial charge in [0.1, 0.15) is 5.82 Å². The van der Waals surface area contributed by atoms with Crippen LogP contribution in [0.1, 0.15) is 38.3 Å². The Balaban J connectivity index is 2.20. The maximum Gasteiger partial charge on any atom is 0.133 e. The summed E-state index contributed by atoms with van der Waals surface area (Å²) < 4.78 is 0. The molecule has 0 bridgehead atoms. The molecule has 1 aliphatic rings. The SMILES string of the molecule is CCC1CCN(c2ncccc2[C@@H](C)N)C1. The molecular weight excluding hydrogens is 198 g/mol. The number of nitrogens with two attached hydrogens (primary N) is 1. The number of aromatic nitrogens is 1. The van der Waals surface area contributed by atoms with Crippen molar-refractivity contribution in [3.8, 4) is 0 Å². The summed E-state index contributed by atoms with van der Waals surface area (Å²) in [4.78, 5) is 6.88. The van der Waals surface area contributed by atoms with Gasteiger partial charge in [-0.05, 0) is 25.3 Å². The molecule has 0 amide bonds. The standard InChI is InChI=1S/C13H21N3/c1-3-11-6-8-16(9-11)13-12(10(2)14)5-4-7-15-13/h4-5,7,10-11H,3,6,8-9,14H2,1-2H3/t10-,11?/m1/s1. The van der Waals surface area contributed by atoms with Gasteiger partial charge in [-0.15, -0.1) is 0 Å². The molecule has 0 aliphatic carbocycles. The minimum Gasteiger partial charge on any atom is -0.356 e. The van der Waals surface area contributed by atoms with E-state index in [1.54, 1.807) is 0 Å². The Morgan fingerprint density at radius 1 is 1.62 bits per heavy atom. The van der Waals surface area contributed by atoms with Gasteiger partial charge >= 0.3 is 0 Å². The maximum absolute atomic E-state index is 5.98. The van der Waals surface area contributed by atoms with Crippen LogP contribution >= 0.6 is 0 Å². The molecule has 1 aromatic heterocycles. The third kappa shape index (κ3) is 2.19. The molecule has 0 saturated carbocycles. The van der Waals surface area contributed by atoms with E-state index in [0.29, 0.717) is 0 Å². The van der Waals surface area contributed by atoms with Crippen LogP contribution in [-0.4, -0.2) is 18.1 Å². The van der Waals surface area contributed by atoms with Crippen LogP contribution in [0.4, 0.5) is 5.82 Å². The molecule has 1 saturated heterocycles. The lowest BCUT2D eigenvalue weighted by molar-refractivity contribution is 0.568. The van der Waals surface area contributed by atoms with E-state index in [1.807, 2.05) is 19.2 Å². The largest absolute Gasteiger partial charge is 0.356 e. The lowest BCUT2D eigenvalue weighted by Crippen LogP contribution is -2.23. The van der Waals surface area contributed by atoms with Crippen LogP contribution in [0.25, 0.3) is 0 Å². The van der Waals surface area contributed by atoms with E-state index in [2.05, 4.69) is 22.9 Å². The first-order valence-electron chi connectivity index (χ1n) is 6.17. The van der Waals surface area contributed by atoms with Gasteiger partial charge in [0.2, 0.25) is 0 Å². The van der Waals surface area contributed by atoms with E-state index >= 15 is 0 Å². The maximum atomic E-state index is 5.98. The van der Waals surface area contributed by atoms with Crippen LogP contribution in [0.5, 0.6) is 0 Å². The fraction of sp³-hybridized carbons (Fsp3) is 0.615. The smallest absolute Gasteiger partial charge is 0.133 e. The first kappa shape index (κ1) is 11.4. The molecule has 2 heterocycles. The molecule has 2 atom stereocenters. The molecule has 3 heteroatoms. The summed E-state index contributed by atoms with van der Waals surface area (Å²) in [5.74, 6) is 1.91. The summed E-state index contributed by atoms with van der Waals surface area (Å²) in [6.07, 6.45) is 4.41. The van der Waals surface area contributed by atoms with Crippen LogP contribution in [0.2, 0.25) is 0 Å². The Kier molecular flexibility index (Phi) is 3.44. The minimum atomic E-state index is 0.0596. The molecule has 1 aliphatic heterocycles. The molecule has 1 fully saturated rings. The fourth-order valence-electron chi connectivity index (χ4n) is 2.39. The zero-order chi connectivity index (χ0) is 11.5. The topological polar surface area (TPSA) is 42.2 Å². The van der Waals surface area contributed by atoms with Crippen LogP contribution in [0, 0.1) is 5.92 Å². The first-order valence-corrected chi connectivity index (χ1v) is 6.17. The molecule has 2 rings (SSSR count). The molecule has 88 valence electrons. The van der Waals surface area contributed by atoms with Crippen molar-refractivity contribution in [3.05, 3.63) is 23.9 Å². The van der Waals surface area contributed by atoms with Gasteiger partial charge in [-0.2, -0.15) is 0 Å². The summed E-state index contributed by atoms with van der Waals surface area (Å²) in [7, 11) is 0. The van der Waals surface area contributed by atoms with Crippen molar-refractivity contribution in [2.75, 3.05) is 18.0 Å². The summed E-state index contributed by atoms with van der Waals surface area (Å²) in [6.45, 7) is 6.54. The van der Waals surface area contributed by atoms with Crippen molar-refractivity contribution >= 4 is 5.82 Å². The molecular formula is C13H21N3. The number of hydrogen-bond donors (Lipinski definition) is 1. The second-order valence-electron chi connectivity index (χ2n) is 4.71. The van der Waals surface area contributed by atoms with Crippen molar-refractivity contribution < 1.29 is 0 Å². The highest BCUT2D eigenvalue weighted by Gasteiger charge is 2.24. The molecule has 1 aromatic rings. The molecule has 0 spiro atoms. The van der Waals surface area contributed by atoms with E-state index in [-0.39, 0.29) is 6.04 Å². The van der Waals surface area contributed by atoms with Crippen LogP contribution in [0.15, 0.2) is 18.3 Å². The van der Waals surface area contributed by atoms with E-state index in [9.17, 15) is 0 Å². The average Bonchev–Trinajstić information content (AvgIpc) is 2.77. The van der Waals surface area contributed by atoms with Crippen LogP contribution in [-0.2, 0) is 0 Å². The van der Waals surface area contributed by atoms with Crippen molar-refractivity contribution in [2.24, 2.45) is 11.7 Å². The van der Waals surface area contributed by atoms with E-state index in [0.717, 1.165) is 24.8 Å². The highest BCUT2D eigenvalue weighted by Crippen LogP contribution is 2.28. The lowest BCUT2D eigenvalue weighted by Gasteiger charge is -2.22. The molecule has 1 unspecified atom stereocenters. The van der Waals surface area contributed by atoms with Gasteiger partial charge in [0.25, 0.3) is 0 Å². The number of pyridine rings is 1. The van der Waals surface area contributed by atoms with Gasteiger partial charge in [0, 0.05) is 30.9 Å². The second kappa shape index (κ2) is 4.83. The predicted molar refractivity (Wildman–Crippen MR) is 67.5 cm³/mol. The molecule has 0 radical (unpaired) electrons. The van der Waals surface area contributed by atoms with Crippen molar-refractivity contribution in [3.63, 3.8) is 0 Å². The monoisotopic (exact) mass is 219 g/mol. The summed E-state index contributed by atoms with van der Waals surface area (Å²) in [5, 5.41) is 0. The van der Waals surface area contributed by atoms with Gasteiger partial charge in [0.15, 0.2) is 0 Å². The van der Waals surface area contributed by atoms with E-state index in [4.69, 9.17) is 5.73 Å². The Morgan fingerprint density at radius 3 is 3.06 bits per heavy atom. The van der Waals surface area contributed by atoms with Crippen molar-refractivity contribution in [2.45, 2.75) is 32.7 Å². The molecule has 3 nitrogen and oxygen atoms in total. The Labute approximate surface area is 97.7 Å². The second-order valence-corrected chi connectivity index (χ2v) is 4.71. The van der Waals surface area contributed by atoms with Gasteiger partial charge in [-0.25, -0.2) is 4.98 Å². The predicted octanol–water partition coefficient (Wildman–Crippen LogP) is 2.34. The van der Waals surface area contributed by atoms with Crippen LogP contribution < -0.4 is 10.6 Å². The first-order chi connectivity index (χ1) is 7.72. The highest BCUT2D eigenvalue weighted by atomic mass is 15.2. The summed E-state index contributed by atoms with van der Waals surface area (Å²) in [6, 6.07) is 4.12. The van der Waals surface area contributed by atoms with Crippen LogP contribution in [0.3, 0.4) is 0 Å². The zero-order valence-corrected chi connectivity index (χ0v) is 10.2. The Hall–Kier alpha value is -1.09. The van der Waals surface area contributed by atoms with Gasteiger partial charge in [-0.3, -0.25) is 0 Å². The van der Waals surface area contributed by atoms with Crippen molar-refractivity contribution in [1.82, 2.24) is 4.98 Å². The Morgan fingerprint density at radius 2 is 2.44 bits per heavy atom. The highest BCUT2D eigenvalue weighted by molar-refractivity contribution is 5.49. The third-order valence-electron chi connectivity index (χ3n) is 3.47. The number of nitrogens with zero attached hydrogens (tertiary/aromatic N) is 2. The quantitative estimate of drug-likeness (QED) is 0.848. The number of rotatable bonds is 3. The lowest BCUT2D eigenvalue weighted by atomic mass is 10.1. The number of anilines is 1.